The van der Waals surface area contributed by atoms with Crippen LogP contribution in [0.25, 0.3) is 0 Å². The third-order valence-corrected chi connectivity index (χ3v) is 3.34. The maximum absolute atomic E-state index is 11.6. The van der Waals surface area contributed by atoms with E-state index in [0.717, 1.165) is 6.54 Å². The first-order valence-electron chi connectivity index (χ1n) is 6.04. The van der Waals surface area contributed by atoms with E-state index in [9.17, 15) is 9.59 Å². The first-order valence-corrected chi connectivity index (χ1v) is 6.04. The quantitative estimate of drug-likeness (QED) is 0.691. The summed E-state index contributed by atoms with van der Waals surface area (Å²) in [5, 5.41) is 3.27. The number of methoxy groups -OCH3 is 1. The molecule has 98 valence electrons. The second kappa shape index (κ2) is 5.60. The Hall–Kier alpha value is -0.940. The van der Waals surface area contributed by atoms with E-state index in [-0.39, 0.29) is 17.9 Å². The normalized spacial score (nSPS) is 18.9. The van der Waals surface area contributed by atoms with Crippen LogP contribution in [-0.2, 0) is 14.3 Å². The fourth-order valence-corrected chi connectivity index (χ4v) is 1.93. The van der Waals surface area contributed by atoms with Crippen molar-refractivity contribution < 1.29 is 14.3 Å². The molecular formula is C12H22N2O3. The van der Waals surface area contributed by atoms with Crippen LogP contribution >= 0.6 is 0 Å². The molecule has 0 aromatic carbocycles. The van der Waals surface area contributed by atoms with Crippen LogP contribution in [0.1, 0.15) is 33.6 Å². The second-order valence-corrected chi connectivity index (χ2v) is 4.82. The van der Waals surface area contributed by atoms with Crippen LogP contribution in [0.3, 0.4) is 0 Å². The van der Waals surface area contributed by atoms with Crippen LogP contribution in [0.2, 0.25) is 0 Å². The predicted molar refractivity (Wildman–Crippen MR) is 64.5 cm³/mol. The van der Waals surface area contributed by atoms with Gasteiger partial charge in [-0.3, -0.25) is 14.5 Å². The number of nitrogens with one attached hydrogen (secondary N) is 1. The van der Waals surface area contributed by atoms with Crippen LogP contribution in [-0.4, -0.2) is 48.6 Å². The average Bonchev–Trinajstić information content (AvgIpc) is 2.59. The Morgan fingerprint density at radius 3 is 2.29 bits per heavy atom. The van der Waals surface area contributed by atoms with Gasteiger partial charge in [0.05, 0.1) is 11.6 Å². The van der Waals surface area contributed by atoms with Crippen LogP contribution < -0.4 is 5.32 Å². The standard InChI is InChI=1S/C12H22N2O3/c1-5-13-9(12(2,3)17-4)8-14-10(15)6-7-11(14)16/h9,13H,5-8H2,1-4H3. The molecule has 1 aliphatic rings. The van der Waals surface area contributed by atoms with Crippen molar-refractivity contribution >= 4 is 11.8 Å². The summed E-state index contributed by atoms with van der Waals surface area (Å²) in [4.78, 5) is 24.5. The van der Waals surface area contributed by atoms with Gasteiger partial charge in [-0.1, -0.05) is 6.92 Å². The minimum Gasteiger partial charge on any atom is -0.377 e. The molecule has 2 amide bonds. The molecule has 1 saturated heterocycles. The highest BCUT2D eigenvalue weighted by atomic mass is 16.5. The highest BCUT2D eigenvalue weighted by Gasteiger charge is 2.36. The van der Waals surface area contributed by atoms with Crippen molar-refractivity contribution in [2.75, 3.05) is 20.2 Å². The first kappa shape index (κ1) is 14.1. The smallest absolute Gasteiger partial charge is 0.229 e. The molecule has 1 unspecified atom stereocenters. The number of imide groups is 1. The first-order chi connectivity index (χ1) is 7.92. The Labute approximate surface area is 102 Å². The zero-order chi connectivity index (χ0) is 13.1. The van der Waals surface area contributed by atoms with E-state index in [1.165, 1.54) is 4.90 Å². The van der Waals surface area contributed by atoms with E-state index in [1.54, 1.807) is 7.11 Å². The topological polar surface area (TPSA) is 58.6 Å². The SMILES string of the molecule is CCNC(CN1C(=O)CCC1=O)C(C)(C)OC. The Morgan fingerprint density at radius 1 is 1.35 bits per heavy atom. The Bertz CT molecular complexity index is 286. The van der Waals surface area contributed by atoms with Gasteiger partial charge in [-0.15, -0.1) is 0 Å². The third-order valence-electron chi connectivity index (χ3n) is 3.34. The van der Waals surface area contributed by atoms with Gasteiger partial charge in [0, 0.05) is 26.5 Å². The minimum absolute atomic E-state index is 0.0523. The van der Waals surface area contributed by atoms with Crippen LogP contribution in [0, 0.1) is 0 Å². The molecular weight excluding hydrogens is 220 g/mol. The summed E-state index contributed by atoms with van der Waals surface area (Å²) in [6.45, 7) is 7.04. The number of ether oxygens (including phenoxy) is 1. The zero-order valence-corrected chi connectivity index (χ0v) is 11.1. The molecule has 0 aromatic rings. The summed E-state index contributed by atoms with van der Waals surface area (Å²) in [5.41, 5.74) is -0.417. The summed E-state index contributed by atoms with van der Waals surface area (Å²) in [7, 11) is 1.64. The average molecular weight is 242 g/mol. The van der Waals surface area contributed by atoms with Gasteiger partial charge in [-0.05, 0) is 20.4 Å². The molecule has 5 nitrogen and oxygen atoms in total. The maximum atomic E-state index is 11.6. The van der Waals surface area contributed by atoms with Crippen molar-refractivity contribution in [2.24, 2.45) is 0 Å². The minimum atomic E-state index is -0.417. The lowest BCUT2D eigenvalue weighted by molar-refractivity contribution is -0.140. The fourth-order valence-electron chi connectivity index (χ4n) is 1.93. The number of carbonyl (C=O) groups excluding carboxylic acids is 2. The molecule has 17 heavy (non-hydrogen) atoms. The second-order valence-electron chi connectivity index (χ2n) is 4.82. The Balaban J connectivity index is 2.73. The molecule has 1 aliphatic heterocycles. The number of hydrogen-bond donors (Lipinski definition) is 1. The van der Waals surface area contributed by atoms with Crippen LogP contribution in [0.4, 0.5) is 0 Å². The molecule has 0 spiro atoms. The molecule has 0 aromatic heterocycles. The number of likely N-dealkylation sites (N-methyl/N-ethyl adjacent to an activating group) is 1. The third kappa shape index (κ3) is 3.26. The number of rotatable bonds is 6. The van der Waals surface area contributed by atoms with Gasteiger partial charge < -0.3 is 10.1 Å². The highest BCUT2D eigenvalue weighted by Crippen LogP contribution is 2.19. The molecule has 0 bridgehead atoms. The molecule has 1 heterocycles. The largest absolute Gasteiger partial charge is 0.377 e. The van der Waals surface area contributed by atoms with Crippen molar-refractivity contribution in [1.29, 1.82) is 0 Å². The van der Waals surface area contributed by atoms with E-state index in [2.05, 4.69) is 5.32 Å². The summed E-state index contributed by atoms with van der Waals surface area (Å²) >= 11 is 0. The molecule has 0 radical (unpaired) electrons. The number of likely N-dealkylation sites (tertiary alicyclic amines) is 1. The monoisotopic (exact) mass is 242 g/mol. The maximum Gasteiger partial charge on any atom is 0.229 e. The van der Waals surface area contributed by atoms with Crippen molar-refractivity contribution in [2.45, 2.75) is 45.3 Å². The van der Waals surface area contributed by atoms with Gasteiger partial charge in [0.25, 0.3) is 0 Å². The molecule has 1 fully saturated rings. The van der Waals surface area contributed by atoms with Crippen molar-refractivity contribution in [1.82, 2.24) is 10.2 Å². The lowest BCUT2D eigenvalue weighted by Gasteiger charge is -2.35. The predicted octanol–water partition coefficient (Wildman–Crippen LogP) is 0.539. The zero-order valence-electron chi connectivity index (χ0n) is 11.1. The molecule has 0 saturated carbocycles. The Morgan fingerprint density at radius 2 is 1.88 bits per heavy atom. The molecule has 0 aliphatic carbocycles. The number of amides is 2. The molecule has 1 atom stereocenters. The van der Waals surface area contributed by atoms with Gasteiger partial charge in [0.15, 0.2) is 0 Å². The molecule has 1 rings (SSSR count). The number of carbonyl (C=O) groups is 2. The van der Waals surface area contributed by atoms with Crippen LogP contribution in [0.15, 0.2) is 0 Å². The Kier molecular flexibility index (Phi) is 4.65. The van der Waals surface area contributed by atoms with Gasteiger partial charge in [-0.25, -0.2) is 0 Å². The summed E-state index contributed by atoms with van der Waals surface area (Å²) in [6, 6.07) is -0.0523. The van der Waals surface area contributed by atoms with Crippen LogP contribution in [0.5, 0.6) is 0 Å². The van der Waals surface area contributed by atoms with E-state index in [4.69, 9.17) is 4.74 Å². The van der Waals surface area contributed by atoms with Crippen molar-refractivity contribution in [3.63, 3.8) is 0 Å². The van der Waals surface area contributed by atoms with E-state index < -0.39 is 5.60 Å². The highest BCUT2D eigenvalue weighted by molar-refractivity contribution is 6.01. The lowest BCUT2D eigenvalue weighted by Crippen LogP contribution is -2.55. The van der Waals surface area contributed by atoms with Gasteiger partial charge in [0.2, 0.25) is 11.8 Å². The summed E-state index contributed by atoms with van der Waals surface area (Å²) < 4.78 is 5.42. The molecule has 1 N–H and O–H groups in total. The fraction of sp³-hybridized carbons (Fsp3) is 0.833. The van der Waals surface area contributed by atoms with Crippen molar-refractivity contribution in [3.05, 3.63) is 0 Å². The van der Waals surface area contributed by atoms with Crippen molar-refractivity contribution in [3.8, 4) is 0 Å². The summed E-state index contributed by atoms with van der Waals surface area (Å²) in [5.74, 6) is -0.158. The lowest BCUT2D eigenvalue weighted by atomic mass is 9.98. The van der Waals surface area contributed by atoms with Gasteiger partial charge in [0.1, 0.15) is 0 Å². The summed E-state index contributed by atoms with van der Waals surface area (Å²) in [6.07, 6.45) is 0.677. The molecule has 5 heteroatoms. The number of hydrogen-bond acceptors (Lipinski definition) is 4. The van der Waals surface area contributed by atoms with E-state index in [1.807, 2.05) is 20.8 Å². The van der Waals surface area contributed by atoms with E-state index in [0.29, 0.717) is 19.4 Å². The van der Waals surface area contributed by atoms with Gasteiger partial charge >= 0.3 is 0 Å². The number of nitrogens with zero attached hydrogens (tertiary/aromatic N) is 1. The van der Waals surface area contributed by atoms with E-state index >= 15 is 0 Å². The van der Waals surface area contributed by atoms with Gasteiger partial charge in [-0.2, -0.15) is 0 Å².